The Kier molecular flexibility index (Phi) is 5.33. The number of carbonyl (C=O) groups excluding carboxylic acids is 1. The van der Waals surface area contributed by atoms with Crippen LogP contribution in [0.1, 0.15) is 28.7 Å². The molecule has 0 fully saturated rings. The van der Waals surface area contributed by atoms with Gasteiger partial charge in [0.25, 0.3) is 5.56 Å². The van der Waals surface area contributed by atoms with Gasteiger partial charge in [0.2, 0.25) is 0 Å². The van der Waals surface area contributed by atoms with Gasteiger partial charge in [0.05, 0.1) is 36.5 Å². The average molecular weight is 507 g/mol. The van der Waals surface area contributed by atoms with Crippen molar-refractivity contribution >= 4 is 38.4 Å². The quantitative estimate of drug-likeness (QED) is 0.326. The van der Waals surface area contributed by atoms with Crippen molar-refractivity contribution in [1.29, 1.82) is 0 Å². The second-order valence-corrected chi connectivity index (χ2v) is 8.40. The number of pyridine rings is 1. The molecular weight excluding hydrogens is 488 g/mol. The van der Waals surface area contributed by atoms with Gasteiger partial charge in [-0.3, -0.25) is 4.79 Å². The summed E-state index contributed by atoms with van der Waals surface area (Å²) < 4.78 is 14.4. The molecule has 0 N–H and O–H groups in total. The van der Waals surface area contributed by atoms with E-state index in [2.05, 4.69) is 20.9 Å². The Hall–Kier alpha value is -3.72. The number of furan rings is 1. The molecule has 4 heterocycles. The number of benzene rings is 1. The number of carbonyl (C=O) groups is 1. The van der Waals surface area contributed by atoms with Gasteiger partial charge in [-0.2, -0.15) is 5.10 Å². The van der Waals surface area contributed by atoms with Gasteiger partial charge in [-0.1, -0.05) is 35.0 Å². The minimum Gasteiger partial charge on any atom is -0.467 e. The third kappa shape index (κ3) is 3.54. The van der Waals surface area contributed by atoms with Crippen molar-refractivity contribution in [3.63, 3.8) is 0 Å². The number of hydrogen-bond donors (Lipinski definition) is 0. The number of ether oxygens (including phenoxy) is 1. The number of aryl methyl sites for hydroxylation is 1. The van der Waals surface area contributed by atoms with Crippen LogP contribution in [0.5, 0.6) is 0 Å². The van der Waals surface area contributed by atoms with Crippen LogP contribution in [0, 0.1) is 0 Å². The van der Waals surface area contributed by atoms with Crippen LogP contribution in [0.25, 0.3) is 27.7 Å². The summed E-state index contributed by atoms with van der Waals surface area (Å²) in [6.07, 6.45) is 5.18. The minimum atomic E-state index is -0.570. The third-order valence-electron chi connectivity index (χ3n) is 5.53. The van der Waals surface area contributed by atoms with E-state index < -0.39 is 5.97 Å². The molecule has 4 aromatic heterocycles. The molecule has 1 aromatic carbocycles. The Labute approximate surface area is 196 Å². The van der Waals surface area contributed by atoms with Crippen LogP contribution in [0.3, 0.4) is 0 Å². The fourth-order valence-electron chi connectivity index (χ4n) is 3.98. The van der Waals surface area contributed by atoms with Crippen LogP contribution >= 0.6 is 15.9 Å². The maximum atomic E-state index is 13.3. The van der Waals surface area contributed by atoms with Crippen LogP contribution in [0.15, 0.2) is 68.7 Å². The zero-order chi connectivity index (χ0) is 23.1. The highest BCUT2D eigenvalue weighted by Crippen LogP contribution is 2.31. The molecule has 0 radical (unpaired) electrons. The summed E-state index contributed by atoms with van der Waals surface area (Å²) in [5.74, 6) is 0.0191. The standard InChI is InChI=1S/C24H19BrN4O4/c1-3-19-20(14-6-8-15(25)9-7-14)22-26-11-17-21(29(22)27-19)18(24(31)32-2)13-28(23(17)30)12-16-5-4-10-33-16/h4-11,13H,3,12H2,1-2H3. The maximum absolute atomic E-state index is 13.3. The summed E-state index contributed by atoms with van der Waals surface area (Å²) in [7, 11) is 1.31. The zero-order valence-corrected chi connectivity index (χ0v) is 19.5. The lowest BCUT2D eigenvalue weighted by atomic mass is 10.0. The molecule has 0 bridgehead atoms. The molecule has 33 heavy (non-hydrogen) atoms. The lowest BCUT2D eigenvalue weighted by molar-refractivity contribution is 0.0601. The Morgan fingerprint density at radius 1 is 1.21 bits per heavy atom. The Morgan fingerprint density at radius 3 is 2.67 bits per heavy atom. The number of rotatable bonds is 5. The molecule has 0 spiro atoms. The van der Waals surface area contributed by atoms with E-state index in [4.69, 9.17) is 14.3 Å². The molecule has 5 rings (SSSR count). The molecule has 0 aliphatic carbocycles. The smallest absolute Gasteiger partial charge is 0.341 e. The second kappa shape index (κ2) is 8.32. The number of esters is 1. The molecule has 0 unspecified atom stereocenters. The van der Waals surface area contributed by atoms with Gasteiger partial charge in [-0.05, 0) is 36.2 Å². The summed E-state index contributed by atoms with van der Waals surface area (Å²) in [5.41, 5.74) is 3.47. The van der Waals surface area contributed by atoms with Crippen LogP contribution in [0.2, 0.25) is 0 Å². The predicted molar refractivity (Wildman–Crippen MR) is 126 cm³/mol. The van der Waals surface area contributed by atoms with E-state index >= 15 is 0 Å². The molecule has 9 heteroatoms. The highest BCUT2D eigenvalue weighted by atomic mass is 79.9. The van der Waals surface area contributed by atoms with Crippen molar-refractivity contribution in [3.05, 3.63) is 86.9 Å². The second-order valence-electron chi connectivity index (χ2n) is 7.48. The first kappa shape index (κ1) is 21.1. The first-order valence-electron chi connectivity index (χ1n) is 10.3. The zero-order valence-electron chi connectivity index (χ0n) is 17.9. The van der Waals surface area contributed by atoms with Crippen LogP contribution in [-0.4, -0.2) is 32.2 Å². The van der Waals surface area contributed by atoms with Gasteiger partial charge >= 0.3 is 5.97 Å². The number of methoxy groups -OCH3 is 1. The van der Waals surface area contributed by atoms with Gasteiger partial charge < -0.3 is 13.7 Å². The minimum absolute atomic E-state index is 0.174. The van der Waals surface area contributed by atoms with E-state index in [1.807, 2.05) is 31.2 Å². The number of fused-ring (bicyclic) bond motifs is 3. The lowest BCUT2D eigenvalue weighted by Gasteiger charge is -2.11. The third-order valence-corrected chi connectivity index (χ3v) is 6.06. The molecular formula is C24H19BrN4O4. The average Bonchev–Trinajstić information content (AvgIpc) is 3.48. The number of nitrogens with zero attached hydrogens (tertiary/aromatic N) is 4. The molecule has 0 amide bonds. The van der Waals surface area contributed by atoms with Crippen molar-refractivity contribution in [2.75, 3.05) is 7.11 Å². The summed E-state index contributed by atoms with van der Waals surface area (Å²) in [5, 5.41) is 5.02. The lowest BCUT2D eigenvalue weighted by Crippen LogP contribution is -2.24. The number of halogens is 1. The number of aromatic nitrogens is 4. The maximum Gasteiger partial charge on any atom is 0.341 e. The highest BCUT2D eigenvalue weighted by molar-refractivity contribution is 9.10. The Balaban J connectivity index is 1.84. The predicted octanol–water partition coefficient (Wildman–Crippen LogP) is 4.46. The summed E-state index contributed by atoms with van der Waals surface area (Å²) in [6, 6.07) is 11.4. The van der Waals surface area contributed by atoms with Crippen molar-refractivity contribution in [2.45, 2.75) is 19.9 Å². The number of hydrogen-bond acceptors (Lipinski definition) is 6. The highest BCUT2D eigenvalue weighted by Gasteiger charge is 2.23. The molecule has 0 aliphatic heterocycles. The summed E-state index contributed by atoms with van der Waals surface area (Å²) in [4.78, 5) is 30.7. The van der Waals surface area contributed by atoms with Gasteiger partial charge in [0.15, 0.2) is 5.65 Å². The van der Waals surface area contributed by atoms with Crippen molar-refractivity contribution < 1.29 is 13.9 Å². The largest absolute Gasteiger partial charge is 0.467 e. The van der Waals surface area contributed by atoms with Gasteiger partial charge in [0.1, 0.15) is 11.3 Å². The van der Waals surface area contributed by atoms with Crippen molar-refractivity contribution in [3.8, 4) is 11.1 Å². The molecule has 166 valence electrons. The molecule has 0 saturated heterocycles. The van der Waals surface area contributed by atoms with Crippen LogP contribution in [-0.2, 0) is 17.7 Å². The molecule has 5 aromatic rings. The molecule has 0 aliphatic rings. The van der Waals surface area contributed by atoms with E-state index in [-0.39, 0.29) is 23.1 Å². The summed E-state index contributed by atoms with van der Waals surface area (Å²) >= 11 is 3.46. The SMILES string of the molecule is CCc1nn2c(ncc3c(=O)n(Cc4ccco4)cc(C(=O)OC)c32)c1-c1ccc(Br)cc1. The van der Waals surface area contributed by atoms with Crippen molar-refractivity contribution in [2.24, 2.45) is 0 Å². The molecule has 8 nitrogen and oxygen atoms in total. The van der Waals surface area contributed by atoms with Gasteiger partial charge in [0, 0.05) is 22.4 Å². The molecule has 0 atom stereocenters. The topological polar surface area (TPSA) is 91.6 Å². The molecule has 0 saturated carbocycles. The van der Waals surface area contributed by atoms with E-state index in [9.17, 15) is 9.59 Å². The summed E-state index contributed by atoms with van der Waals surface area (Å²) in [6.45, 7) is 2.18. The van der Waals surface area contributed by atoms with Gasteiger partial charge in [-0.15, -0.1) is 0 Å². The Bertz CT molecular complexity index is 1550. The Morgan fingerprint density at radius 2 is 2.00 bits per heavy atom. The van der Waals surface area contributed by atoms with E-state index in [1.165, 1.54) is 30.3 Å². The van der Waals surface area contributed by atoms with Crippen molar-refractivity contribution in [1.82, 2.24) is 19.2 Å². The fourth-order valence-corrected chi connectivity index (χ4v) is 4.25. The monoisotopic (exact) mass is 506 g/mol. The van der Waals surface area contributed by atoms with E-state index in [1.54, 1.807) is 16.6 Å². The van der Waals surface area contributed by atoms with E-state index in [0.29, 0.717) is 23.3 Å². The van der Waals surface area contributed by atoms with Crippen LogP contribution in [0.4, 0.5) is 0 Å². The van der Waals surface area contributed by atoms with Gasteiger partial charge in [-0.25, -0.2) is 14.3 Å². The van der Waals surface area contributed by atoms with Crippen LogP contribution < -0.4 is 5.56 Å². The fraction of sp³-hybridized carbons (Fsp3) is 0.167. The normalized spacial score (nSPS) is 11.4. The van der Waals surface area contributed by atoms with E-state index in [0.717, 1.165) is 21.3 Å². The first-order valence-corrected chi connectivity index (χ1v) is 11.1. The first-order chi connectivity index (χ1) is 16.0.